The Morgan fingerprint density at radius 3 is 2.30 bits per heavy atom. The molecule has 0 saturated heterocycles. The van der Waals surface area contributed by atoms with Crippen LogP contribution in [0.5, 0.6) is 0 Å². The van der Waals surface area contributed by atoms with E-state index in [4.69, 9.17) is 0 Å². The fourth-order valence-electron chi connectivity index (χ4n) is 2.46. The molecule has 0 bridgehead atoms. The van der Waals surface area contributed by atoms with Crippen molar-refractivity contribution in [2.75, 3.05) is 0 Å². The normalized spacial score (nSPS) is 11.9. The largest absolute Gasteiger partial charge is 0.345 e. The fourth-order valence-corrected chi connectivity index (χ4v) is 3.16. The van der Waals surface area contributed by atoms with Crippen LogP contribution in [-0.4, -0.2) is 10.3 Å². The van der Waals surface area contributed by atoms with Gasteiger partial charge in [0.2, 0.25) is 0 Å². The van der Waals surface area contributed by atoms with Gasteiger partial charge in [-0.3, -0.25) is 4.79 Å². The number of nitrogens with zero attached hydrogens (tertiary/aromatic N) is 1. The molecule has 1 heterocycles. The third-order valence-corrected chi connectivity index (χ3v) is 4.58. The fraction of sp³-hybridized carbons (Fsp3) is 0.158. The Morgan fingerprint density at radius 2 is 1.70 bits per heavy atom. The zero-order valence-electron chi connectivity index (χ0n) is 13.1. The number of benzene rings is 2. The van der Waals surface area contributed by atoms with Gasteiger partial charge in [0, 0.05) is 5.38 Å². The van der Waals surface area contributed by atoms with E-state index < -0.39 is 0 Å². The van der Waals surface area contributed by atoms with Crippen molar-refractivity contribution in [3.8, 4) is 11.1 Å². The van der Waals surface area contributed by atoms with E-state index in [1.165, 1.54) is 22.7 Å². The van der Waals surface area contributed by atoms with Crippen LogP contribution in [0.4, 0.5) is 0 Å². The summed E-state index contributed by atoms with van der Waals surface area (Å²) in [6.45, 7) is 3.84. The van der Waals surface area contributed by atoms with Crippen molar-refractivity contribution >= 4 is 17.4 Å². The summed E-state index contributed by atoms with van der Waals surface area (Å²) in [4.78, 5) is 12.3. The van der Waals surface area contributed by atoms with Gasteiger partial charge in [0.15, 0.2) is 0 Å². The molecule has 2 aromatic carbocycles. The number of aromatic nitrogens is 1. The van der Waals surface area contributed by atoms with Crippen molar-refractivity contribution in [2.45, 2.75) is 19.9 Å². The quantitative estimate of drug-likeness (QED) is 0.762. The van der Waals surface area contributed by atoms with Crippen LogP contribution in [0.25, 0.3) is 11.1 Å². The molecule has 4 heteroatoms. The second kappa shape index (κ2) is 6.75. The predicted octanol–water partition coefficient (Wildman–Crippen LogP) is 4.61. The molecule has 23 heavy (non-hydrogen) atoms. The monoisotopic (exact) mass is 322 g/mol. The summed E-state index contributed by atoms with van der Waals surface area (Å²) >= 11 is 1.31. The van der Waals surface area contributed by atoms with Gasteiger partial charge in [-0.15, -0.1) is 0 Å². The molecule has 1 atom stereocenters. The highest BCUT2D eigenvalue weighted by atomic mass is 32.1. The third-order valence-electron chi connectivity index (χ3n) is 3.86. The van der Waals surface area contributed by atoms with Crippen molar-refractivity contribution in [1.29, 1.82) is 0 Å². The molecule has 0 spiro atoms. The summed E-state index contributed by atoms with van der Waals surface area (Å²) in [5.41, 5.74) is 4.88. The van der Waals surface area contributed by atoms with Gasteiger partial charge in [-0.2, -0.15) is 4.37 Å². The Bertz CT molecular complexity index is 794. The van der Waals surface area contributed by atoms with Crippen molar-refractivity contribution in [2.24, 2.45) is 0 Å². The average molecular weight is 322 g/mol. The summed E-state index contributed by atoms with van der Waals surface area (Å²) in [6.07, 6.45) is 0. The molecule has 1 aromatic heterocycles. The Labute approximate surface area is 140 Å². The number of aryl methyl sites for hydroxylation is 1. The van der Waals surface area contributed by atoms with Crippen LogP contribution in [-0.2, 0) is 0 Å². The minimum absolute atomic E-state index is 0.0494. The summed E-state index contributed by atoms with van der Waals surface area (Å²) in [5, 5.41) is 4.81. The molecule has 0 saturated carbocycles. The minimum atomic E-state index is -0.0733. The first-order valence-corrected chi connectivity index (χ1v) is 8.36. The molecule has 116 valence electrons. The molecule has 0 radical (unpaired) electrons. The lowest BCUT2D eigenvalue weighted by molar-refractivity contribution is 0.0939. The topological polar surface area (TPSA) is 42.0 Å². The van der Waals surface area contributed by atoms with Gasteiger partial charge in [-0.05, 0) is 42.1 Å². The maximum Gasteiger partial charge on any atom is 0.254 e. The number of carbonyl (C=O) groups is 1. The van der Waals surface area contributed by atoms with Crippen LogP contribution in [0.15, 0.2) is 60.0 Å². The lowest BCUT2D eigenvalue weighted by Gasteiger charge is -2.14. The number of rotatable bonds is 4. The molecule has 3 nitrogen and oxygen atoms in total. The van der Waals surface area contributed by atoms with E-state index in [0.717, 1.165) is 11.3 Å². The van der Waals surface area contributed by atoms with Crippen LogP contribution in [0.2, 0.25) is 0 Å². The molecule has 0 aliphatic heterocycles. The highest BCUT2D eigenvalue weighted by Crippen LogP contribution is 2.22. The van der Waals surface area contributed by atoms with Crippen LogP contribution in [0.3, 0.4) is 0 Å². The van der Waals surface area contributed by atoms with Gasteiger partial charge in [0.1, 0.15) is 0 Å². The molecule has 0 fully saturated rings. The van der Waals surface area contributed by atoms with E-state index in [2.05, 4.69) is 46.1 Å². The lowest BCUT2D eigenvalue weighted by atomic mass is 10.0. The smallest absolute Gasteiger partial charge is 0.254 e. The molecule has 3 aromatic rings. The highest BCUT2D eigenvalue weighted by molar-refractivity contribution is 7.03. The molecule has 0 unspecified atom stereocenters. The summed E-state index contributed by atoms with van der Waals surface area (Å²) in [6, 6.07) is 18.5. The van der Waals surface area contributed by atoms with Crippen molar-refractivity contribution in [3.05, 3.63) is 76.8 Å². The Kier molecular flexibility index (Phi) is 4.53. The van der Waals surface area contributed by atoms with Gasteiger partial charge in [-0.25, -0.2) is 0 Å². The van der Waals surface area contributed by atoms with E-state index in [1.807, 2.05) is 32.0 Å². The molecular weight excluding hydrogens is 304 g/mol. The molecule has 0 aliphatic carbocycles. The van der Waals surface area contributed by atoms with Gasteiger partial charge in [0.25, 0.3) is 5.91 Å². The summed E-state index contributed by atoms with van der Waals surface area (Å²) in [5.74, 6) is -0.0733. The van der Waals surface area contributed by atoms with Crippen molar-refractivity contribution in [1.82, 2.24) is 9.69 Å². The van der Waals surface area contributed by atoms with Crippen LogP contribution in [0, 0.1) is 6.92 Å². The van der Waals surface area contributed by atoms with E-state index in [1.54, 1.807) is 5.38 Å². The summed E-state index contributed by atoms with van der Waals surface area (Å²) in [7, 11) is 0. The number of hydrogen-bond donors (Lipinski definition) is 1. The second-order valence-electron chi connectivity index (χ2n) is 5.50. The Hall–Kier alpha value is -2.46. The van der Waals surface area contributed by atoms with Crippen LogP contribution in [0.1, 0.15) is 34.6 Å². The molecular formula is C19H18N2OS. The van der Waals surface area contributed by atoms with E-state index in [-0.39, 0.29) is 11.9 Å². The number of nitrogens with one attached hydrogen (secondary N) is 1. The van der Waals surface area contributed by atoms with Gasteiger partial charge >= 0.3 is 0 Å². The van der Waals surface area contributed by atoms with E-state index in [0.29, 0.717) is 5.56 Å². The third kappa shape index (κ3) is 3.48. The predicted molar refractivity (Wildman–Crippen MR) is 94.6 cm³/mol. The van der Waals surface area contributed by atoms with Gasteiger partial charge < -0.3 is 5.32 Å². The zero-order valence-corrected chi connectivity index (χ0v) is 13.9. The van der Waals surface area contributed by atoms with Crippen LogP contribution >= 0.6 is 11.5 Å². The first kappa shape index (κ1) is 15.4. The first-order valence-electron chi connectivity index (χ1n) is 7.52. The Balaban J connectivity index is 1.72. The molecule has 1 amide bonds. The number of hydrogen-bond acceptors (Lipinski definition) is 3. The zero-order chi connectivity index (χ0) is 16.2. The van der Waals surface area contributed by atoms with Crippen molar-refractivity contribution in [3.63, 3.8) is 0 Å². The second-order valence-corrected chi connectivity index (χ2v) is 6.13. The highest BCUT2D eigenvalue weighted by Gasteiger charge is 2.14. The molecule has 0 aliphatic rings. The number of carbonyl (C=O) groups excluding carboxylic acids is 1. The number of amides is 1. The maximum atomic E-state index is 12.3. The van der Waals surface area contributed by atoms with Crippen LogP contribution < -0.4 is 5.32 Å². The molecule has 1 N–H and O–H groups in total. The standard InChI is InChI=1S/C19H18N2OS/c1-13(20-19(22)18-12-23-21-14(18)2)15-8-10-17(11-9-15)16-6-4-3-5-7-16/h3-13H,1-2H3,(H,20,22)/t13-/m1/s1. The molecule has 3 rings (SSSR count). The first-order chi connectivity index (χ1) is 11.1. The lowest BCUT2D eigenvalue weighted by Crippen LogP contribution is -2.26. The SMILES string of the molecule is Cc1nscc1C(=O)N[C@H](C)c1ccc(-c2ccccc2)cc1. The minimum Gasteiger partial charge on any atom is -0.345 e. The maximum absolute atomic E-state index is 12.3. The summed E-state index contributed by atoms with van der Waals surface area (Å²) < 4.78 is 4.14. The van der Waals surface area contributed by atoms with E-state index in [9.17, 15) is 4.79 Å². The van der Waals surface area contributed by atoms with E-state index >= 15 is 0 Å². The average Bonchev–Trinajstić information content (AvgIpc) is 3.02. The Morgan fingerprint density at radius 1 is 1.04 bits per heavy atom. The van der Waals surface area contributed by atoms with Gasteiger partial charge in [0.05, 0.1) is 17.3 Å². The van der Waals surface area contributed by atoms with Crippen molar-refractivity contribution < 1.29 is 4.79 Å². The van der Waals surface area contributed by atoms with Gasteiger partial charge in [-0.1, -0.05) is 54.6 Å².